The van der Waals surface area contributed by atoms with E-state index in [-0.39, 0.29) is 5.69 Å². The Morgan fingerprint density at radius 1 is 0.885 bits per heavy atom. The Balaban J connectivity index is 1.68. The van der Waals surface area contributed by atoms with Crippen LogP contribution in [0.2, 0.25) is 0 Å². The number of hydrogen-bond donors (Lipinski definition) is 1. The standard InChI is InChI=1S/C19H15F2NO3S/c20-15-6-11-19(18(21)12-15)26(23,24)22-16-7-9-17(10-8-16)25-13-14-4-2-1-3-5-14/h1-12,22H,13H2. The first-order chi connectivity index (χ1) is 12.4. The van der Waals surface area contributed by atoms with E-state index in [9.17, 15) is 17.2 Å². The van der Waals surface area contributed by atoms with Crippen LogP contribution < -0.4 is 9.46 Å². The third-order valence-electron chi connectivity index (χ3n) is 3.54. The molecule has 4 nitrogen and oxygen atoms in total. The molecule has 0 saturated heterocycles. The van der Waals surface area contributed by atoms with Gasteiger partial charge in [0.05, 0.1) is 0 Å². The first kappa shape index (κ1) is 17.9. The van der Waals surface area contributed by atoms with E-state index in [0.29, 0.717) is 18.4 Å². The van der Waals surface area contributed by atoms with Crippen molar-refractivity contribution in [2.24, 2.45) is 0 Å². The molecule has 3 aromatic rings. The van der Waals surface area contributed by atoms with E-state index in [0.717, 1.165) is 17.7 Å². The monoisotopic (exact) mass is 375 g/mol. The molecular formula is C19H15F2NO3S. The molecule has 0 aliphatic heterocycles. The maximum absolute atomic E-state index is 13.7. The lowest BCUT2D eigenvalue weighted by molar-refractivity contribution is 0.306. The topological polar surface area (TPSA) is 55.4 Å². The minimum atomic E-state index is -4.16. The van der Waals surface area contributed by atoms with Gasteiger partial charge in [-0.05, 0) is 42.0 Å². The summed E-state index contributed by atoms with van der Waals surface area (Å²) in [5, 5.41) is 0. The Kier molecular flexibility index (Phi) is 5.18. The molecule has 3 aromatic carbocycles. The lowest BCUT2D eigenvalue weighted by Crippen LogP contribution is -2.14. The van der Waals surface area contributed by atoms with Crippen molar-refractivity contribution in [2.45, 2.75) is 11.5 Å². The molecule has 0 amide bonds. The highest BCUT2D eigenvalue weighted by Gasteiger charge is 2.19. The molecule has 0 fully saturated rings. The number of ether oxygens (including phenoxy) is 1. The van der Waals surface area contributed by atoms with Gasteiger partial charge in [0.1, 0.15) is 28.9 Å². The predicted molar refractivity (Wildman–Crippen MR) is 94.4 cm³/mol. The lowest BCUT2D eigenvalue weighted by atomic mass is 10.2. The van der Waals surface area contributed by atoms with Crippen molar-refractivity contribution in [3.8, 4) is 5.75 Å². The summed E-state index contributed by atoms with van der Waals surface area (Å²) in [6.07, 6.45) is 0. The van der Waals surface area contributed by atoms with E-state index in [4.69, 9.17) is 4.74 Å². The molecule has 0 unspecified atom stereocenters. The maximum Gasteiger partial charge on any atom is 0.264 e. The van der Waals surface area contributed by atoms with Gasteiger partial charge in [0.15, 0.2) is 0 Å². The van der Waals surface area contributed by atoms with Crippen LogP contribution in [0.15, 0.2) is 77.7 Å². The van der Waals surface area contributed by atoms with E-state index in [1.165, 1.54) is 12.1 Å². The van der Waals surface area contributed by atoms with Crippen LogP contribution in [0.4, 0.5) is 14.5 Å². The molecule has 134 valence electrons. The quantitative estimate of drug-likeness (QED) is 0.697. The van der Waals surface area contributed by atoms with Gasteiger partial charge in [-0.25, -0.2) is 17.2 Å². The number of anilines is 1. The fourth-order valence-corrected chi connectivity index (χ4v) is 3.38. The van der Waals surface area contributed by atoms with Crippen LogP contribution in [0.25, 0.3) is 0 Å². The Labute approximate surface area is 150 Å². The third kappa shape index (κ3) is 4.37. The first-order valence-electron chi connectivity index (χ1n) is 7.69. The minimum Gasteiger partial charge on any atom is -0.489 e. The zero-order chi connectivity index (χ0) is 18.6. The molecule has 0 aromatic heterocycles. The largest absolute Gasteiger partial charge is 0.489 e. The van der Waals surface area contributed by atoms with Crippen LogP contribution in [0, 0.1) is 11.6 Å². The first-order valence-corrected chi connectivity index (χ1v) is 9.17. The highest BCUT2D eigenvalue weighted by atomic mass is 32.2. The van der Waals surface area contributed by atoms with Gasteiger partial charge in [-0.3, -0.25) is 4.72 Å². The number of benzene rings is 3. The van der Waals surface area contributed by atoms with E-state index in [1.807, 2.05) is 30.3 Å². The summed E-state index contributed by atoms with van der Waals surface area (Å²) >= 11 is 0. The molecule has 0 saturated carbocycles. The second-order valence-corrected chi connectivity index (χ2v) is 7.13. The molecule has 7 heteroatoms. The van der Waals surface area contributed by atoms with E-state index >= 15 is 0 Å². The Morgan fingerprint density at radius 3 is 2.23 bits per heavy atom. The highest BCUT2D eigenvalue weighted by molar-refractivity contribution is 7.92. The summed E-state index contributed by atoms with van der Waals surface area (Å²) in [4.78, 5) is -0.622. The van der Waals surface area contributed by atoms with Gasteiger partial charge in [-0.2, -0.15) is 0 Å². The Morgan fingerprint density at radius 2 is 1.58 bits per heavy atom. The summed E-state index contributed by atoms with van der Waals surface area (Å²) in [5.41, 5.74) is 1.24. The molecule has 0 aliphatic carbocycles. The number of hydrogen-bond acceptors (Lipinski definition) is 3. The zero-order valence-corrected chi connectivity index (χ0v) is 14.3. The van der Waals surface area contributed by atoms with Crippen LogP contribution in [0.1, 0.15) is 5.56 Å². The van der Waals surface area contributed by atoms with Crippen LogP contribution in [-0.4, -0.2) is 8.42 Å². The fraction of sp³-hybridized carbons (Fsp3) is 0.0526. The smallest absolute Gasteiger partial charge is 0.264 e. The molecule has 0 aliphatic rings. The van der Waals surface area contributed by atoms with Crippen molar-refractivity contribution in [3.05, 3.63) is 90.0 Å². The SMILES string of the molecule is O=S(=O)(Nc1ccc(OCc2ccccc2)cc1)c1ccc(F)cc1F. The summed E-state index contributed by atoms with van der Waals surface area (Å²) in [5.74, 6) is -1.44. The number of halogens is 2. The van der Waals surface area contributed by atoms with Crippen LogP contribution >= 0.6 is 0 Å². The molecule has 26 heavy (non-hydrogen) atoms. The van der Waals surface area contributed by atoms with Gasteiger partial charge in [-0.1, -0.05) is 30.3 Å². The van der Waals surface area contributed by atoms with Crippen LogP contribution in [-0.2, 0) is 16.6 Å². The molecule has 0 atom stereocenters. The molecule has 0 bridgehead atoms. The van der Waals surface area contributed by atoms with E-state index in [1.54, 1.807) is 12.1 Å². The van der Waals surface area contributed by atoms with Gasteiger partial charge < -0.3 is 4.74 Å². The number of nitrogens with one attached hydrogen (secondary N) is 1. The summed E-state index contributed by atoms with van der Waals surface area (Å²) in [6.45, 7) is 0.382. The molecule has 3 rings (SSSR count). The number of sulfonamides is 1. The van der Waals surface area contributed by atoms with Crippen LogP contribution in [0.5, 0.6) is 5.75 Å². The molecule has 0 heterocycles. The maximum atomic E-state index is 13.7. The van der Waals surface area contributed by atoms with Crippen molar-refractivity contribution < 1.29 is 21.9 Å². The minimum absolute atomic E-state index is 0.237. The molecular weight excluding hydrogens is 360 g/mol. The van der Waals surface area contributed by atoms with Crippen molar-refractivity contribution in [1.82, 2.24) is 0 Å². The van der Waals surface area contributed by atoms with Gasteiger partial charge in [0.25, 0.3) is 10.0 Å². The fourth-order valence-electron chi connectivity index (χ4n) is 2.26. The zero-order valence-electron chi connectivity index (χ0n) is 13.5. The molecule has 0 radical (unpaired) electrons. The number of rotatable bonds is 6. The van der Waals surface area contributed by atoms with Gasteiger partial charge in [0.2, 0.25) is 0 Å². The third-order valence-corrected chi connectivity index (χ3v) is 4.95. The van der Waals surface area contributed by atoms with Gasteiger partial charge >= 0.3 is 0 Å². The second kappa shape index (κ2) is 7.53. The van der Waals surface area contributed by atoms with Gasteiger partial charge in [-0.15, -0.1) is 0 Å². The van der Waals surface area contributed by atoms with Crippen LogP contribution in [0.3, 0.4) is 0 Å². The van der Waals surface area contributed by atoms with Crippen molar-refractivity contribution in [3.63, 3.8) is 0 Å². The second-order valence-electron chi connectivity index (χ2n) is 5.48. The highest BCUT2D eigenvalue weighted by Crippen LogP contribution is 2.22. The molecule has 1 N–H and O–H groups in total. The summed E-state index contributed by atoms with van der Waals surface area (Å²) in [7, 11) is -4.16. The average molecular weight is 375 g/mol. The van der Waals surface area contributed by atoms with Gasteiger partial charge in [0, 0.05) is 11.8 Å². The predicted octanol–water partition coefficient (Wildman–Crippen LogP) is 4.34. The molecule has 0 spiro atoms. The Bertz CT molecular complexity index is 991. The average Bonchev–Trinajstić information content (AvgIpc) is 2.61. The van der Waals surface area contributed by atoms with Crippen molar-refractivity contribution in [2.75, 3.05) is 4.72 Å². The lowest BCUT2D eigenvalue weighted by Gasteiger charge is -2.10. The Hall–Kier alpha value is -2.93. The normalized spacial score (nSPS) is 11.2. The summed E-state index contributed by atoms with van der Waals surface area (Å²) < 4.78 is 58.9. The van der Waals surface area contributed by atoms with E-state index < -0.39 is 26.6 Å². The van der Waals surface area contributed by atoms with Crippen molar-refractivity contribution in [1.29, 1.82) is 0 Å². The summed E-state index contributed by atoms with van der Waals surface area (Å²) in [6, 6.07) is 18.1. The van der Waals surface area contributed by atoms with E-state index in [2.05, 4.69) is 4.72 Å². The van der Waals surface area contributed by atoms with Crippen molar-refractivity contribution >= 4 is 15.7 Å².